The molecule has 1 aromatic heterocycles. The third-order valence-electron chi connectivity index (χ3n) is 3.55. The normalized spacial score (nSPS) is 20.3. The number of hydrogen-bond donors (Lipinski definition) is 0. The van der Waals surface area contributed by atoms with Crippen molar-refractivity contribution < 1.29 is 0 Å². The molecule has 3 rings (SSSR count). The summed E-state index contributed by atoms with van der Waals surface area (Å²) in [5.74, 6) is 1.15. The summed E-state index contributed by atoms with van der Waals surface area (Å²) in [5, 5.41) is 1.23. The van der Waals surface area contributed by atoms with Crippen molar-refractivity contribution >= 4 is 32.7 Å². The zero-order valence-electron chi connectivity index (χ0n) is 10.6. The fourth-order valence-corrected chi connectivity index (χ4v) is 3.32. The molecule has 1 aliphatic heterocycles. The summed E-state index contributed by atoms with van der Waals surface area (Å²) in [7, 11) is 0. The van der Waals surface area contributed by atoms with E-state index >= 15 is 0 Å². The molecule has 0 saturated carbocycles. The van der Waals surface area contributed by atoms with E-state index in [2.05, 4.69) is 58.1 Å². The molecule has 0 aliphatic carbocycles. The summed E-state index contributed by atoms with van der Waals surface area (Å²) in [6.45, 7) is 4.34. The molecule has 3 heteroatoms. The average molecular weight is 305 g/mol. The lowest BCUT2D eigenvalue weighted by molar-refractivity contribution is 0.591. The molecule has 1 aromatic carbocycles. The summed E-state index contributed by atoms with van der Waals surface area (Å²) in [6, 6.07) is 10.6. The lowest BCUT2D eigenvalue weighted by Gasteiger charge is -2.32. The van der Waals surface area contributed by atoms with Gasteiger partial charge >= 0.3 is 0 Å². The highest BCUT2D eigenvalue weighted by atomic mass is 79.9. The second-order valence-electron chi connectivity index (χ2n) is 5.01. The molecule has 2 aromatic rings. The van der Waals surface area contributed by atoms with Gasteiger partial charge < -0.3 is 4.90 Å². The third kappa shape index (κ3) is 2.24. The number of anilines is 1. The molecule has 0 bridgehead atoms. The molecular weight excluding hydrogens is 288 g/mol. The standard InChI is InChI=1S/C15H17BrN2/c1-11-9-12-5-2-3-7-14(12)17-15(11)18-8-4-6-13(16)10-18/h2-3,5,7,9,13H,4,6,8,10H2,1H3. The number of pyridine rings is 1. The maximum Gasteiger partial charge on any atom is 0.132 e. The van der Waals surface area contributed by atoms with Crippen LogP contribution in [0.25, 0.3) is 10.9 Å². The van der Waals surface area contributed by atoms with E-state index in [1.54, 1.807) is 0 Å². The number of nitrogens with zero attached hydrogens (tertiary/aromatic N) is 2. The fourth-order valence-electron chi connectivity index (χ4n) is 2.65. The molecule has 94 valence electrons. The number of rotatable bonds is 1. The molecule has 1 aliphatic rings. The molecule has 2 heterocycles. The quantitative estimate of drug-likeness (QED) is 0.743. The van der Waals surface area contributed by atoms with Gasteiger partial charge in [0.1, 0.15) is 5.82 Å². The molecule has 1 unspecified atom stereocenters. The van der Waals surface area contributed by atoms with Crippen molar-refractivity contribution in [1.82, 2.24) is 4.98 Å². The lowest BCUT2D eigenvalue weighted by atomic mass is 10.1. The first-order valence-electron chi connectivity index (χ1n) is 6.49. The number of piperidine rings is 1. The van der Waals surface area contributed by atoms with Crippen molar-refractivity contribution in [3.63, 3.8) is 0 Å². The maximum atomic E-state index is 4.84. The van der Waals surface area contributed by atoms with Crippen molar-refractivity contribution in [1.29, 1.82) is 0 Å². The number of aryl methyl sites for hydroxylation is 1. The molecule has 1 saturated heterocycles. The van der Waals surface area contributed by atoms with Gasteiger partial charge in [0, 0.05) is 23.3 Å². The monoisotopic (exact) mass is 304 g/mol. The molecule has 1 fully saturated rings. The van der Waals surface area contributed by atoms with Crippen LogP contribution >= 0.6 is 15.9 Å². The Morgan fingerprint density at radius 2 is 2.17 bits per heavy atom. The van der Waals surface area contributed by atoms with Gasteiger partial charge in [0.25, 0.3) is 0 Å². The van der Waals surface area contributed by atoms with Crippen LogP contribution < -0.4 is 4.90 Å². The predicted octanol–water partition coefficient (Wildman–Crippen LogP) is 3.91. The second kappa shape index (κ2) is 4.88. The number of fused-ring (bicyclic) bond motifs is 1. The van der Waals surface area contributed by atoms with Crippen LogP contribution in [0.4, 0.5) is 5.82 Å². The van der Waals surface area contributed by atoms with E-state index in [4.69, 9.17) is 4.98 Å². The zero-order valence-corrected chi connectivity index (χ0v) is 12.2. The van der Waals surface area contributed by atoms with Crippen LogP contribution in [0, 0.1) is 6.92 Å². The van der Waals surface area contributed by atoms with Crippen LogP contribution in [0.5, 0.6) is 0 Å². The Bertz CT molecular complexity index is 567. The fraction of sp³-hybridized carbons (Fsp3) is 0.400. The first kappa shape index (κ1) is 12.0. The van der Waals surface area contributed by atoms with Crippen molar-refractivity contribution in [3.8, 4) is 0 Å². The molecule has 0 amide bonds. The van der Waals surface area contributed by atoms with E-state index < -0.39 is 0 Å². The van der Waals surface area contributed by atoms with Gasteiger partial charge in [-0.25, -0.2) is 4.98 Å². The van der Waals surface area contributed by atoms with Gasteiger partial charge in [-0.3, -0.25) is 0 Å². The van der Waals surface area contributed by atoms with Crippen molar-refractivity contribution in [2.45, 2.75) is 24.6 Å². The lowest BCUT2D eigenvalue weighted by Crippen LogP contribution is -2.36. The summed E-state index contributed by atoms with van der Waals surface area (Å²) in [6.07, 6.45) is 2.51. The molecule has 0 spiro atoms. The number of alkyl halides is 1. The third-order valence-corrected chi connectivity index (χ3v) is 4.30. The van der Waals surface area contributed by atoms with Gasteiger partial charge in [-0.05, 0) is 37.5 Å². The van der Waals surface area contributed by atoms with Crippen molar-refractivity contribution in [3.05, 3.63) is 35.9 Å². The van der Waals surface area contributed by atoms with E-state index in [9.17, 15) is 0 Å². The van der Waals surface area contributed by atoms with Gasteiger partial charge in [-0.15, -0.1) is 0 Å². The van der Waals surface area contributed by atoms with Crippen LogP contribution in [-0.2, 0) is 0 Å². The molecule has 2 nitrogen and oxygen atoms in total. The Hall–Kier alpha value is -1.09. The van der Waals surface area contributed by atoms with E-state index in [0.29, 0.717) is 4.83 Å². The SMILES string of the molecule is Cc1cc2ccccc2nc1N1CCCC(Br)C1. The smallest absolute Gasteiger partial charge is 0.132 e. The van der Waals surface area contributed by atoms with Gasteiger partial charge in [0.15, 0.2) is 0 Å². The second-order valence-corrected chi connectivity index (χ2v) is 6.30. The Balaban J connectivity index is 2.02. The number of benzene rings is 1. The van der Waals surface area contributed by atoms with Crippen LogP contribution in [0.2, 0.25) is 0 Å². The van der Waals surface area contributed by atoms with Crippen molar-refractivity contribution in [2.75, 3.05) is 18.0 Å². The zero-order chi connectivity index (χ0) is 12.5. The number of para-hydroxylation sites is 1. The minimum absolute atomic E-state index is 0.596. The van der Waals surface area contributed by atoms with E-state index in [-0.39, 0.29) is 0 Å². The highest BCUT2D eigenvalue weighted by molar-refractivity contribution is 9.09. The summed E-state index contributed by atoms with van der Waals surface area (Å²) in [5.41, 5.74) is 2.37. The van der Waals surface area contributed by atoms with E-state index in [0.717, 1.165) is 24.4 Å². The molecule has 18 heavy (non-hydrogen) atoms. The van der Waals surface area contributed by atoms with Gasteiger partial charge in [-0.2, -0.15) is 0 Å². The van der Waals surface area contributed by atoms with Crippen LogP contribution in [0.15, 0.2) is 30.3 Å². The highest BCUT2D eigenvalue weighted by Crippen LogP contribution is 2.27. The Kier molecular flexibility index (Phi) is 3.25. The largest absolute Gasteiger partial charge is 0.355 e. The van der Waals surface area contributed by atoms with Gasteiger partial charge in [0.05, 0.1) is 5.52 Å². The van der Waals surface area contributed by atoms with Crippen LogP contribution in [0.3, 0.4) is 0 Å². The molecular formula is C15H17BrN2. The predicted molar refractivity (Wildman–Crippen MR) is 80.6 cm³/mol. The summed E-state index contributed by atoms with van der Waals surface area (Å²) >= 11 is 3.73. The maximum absolute atomic E-state index is 4.84. The van der Waals surface area contributed by atoms with Gasteiger partial charge in [0.2, 0.25) is 0 Å². The number of aromatic nitrogens is 1. The Labute approximate surface area is 116 Å². The average Bonchev–Trinajstić information content (AvgIpc) is 2.38. The summed E-state index contributed by atoms with van der Waals surface area (Å²) in [4.78, 5) is 7.84. The van der Waals surface area contributed by atoms with Crippen molar-refractivity contribution in [2.24, 2.45) is 0 Å². The minimum atomic E-state index is 0.596. The Morgan fingerprint density at radius 3 is 3.00 bits per heavy atom. The topological polar surface area (TPSA) is 16.1 Å². The Morgan fingerprint density at radius 1 is 1.33 bits per heavy atom. The van der Waals surface area contributed by atoms with Crippen LogP contribution in [-0.4, -0.2) is 22.9 Å². The summed E-state index contributed by atoms with van der Waals surface area (Å²) < 4.78 is 0. The van der Waals surface area contributed by atoms with Gasteiger partial charge in [-0.1, -0.05) is 34.1 Å². The minimum Gasteiger partial charge on any atom is -0.355 e. The molecule has 1 atom stereocenters. The highest BCUT2D eigenvalue weighted by Gasteiger charge is 2.20. The van der Waals surface area contributed by atoms with Crippen LogP contribution in [0.1, 0.15) is 18.4 Å². The molecule has 0 N–H and O–H groups in total. The first-order chi connectivity index (χ1) is 8.74. The number of halogens is 1. The first-order valence-corrected chi connectivity index (χ1v) is 7.41. The van der Waals surface area contributed by atoms with E-state index in [1.807, 2.05) is 0 Å². The molecule has 0 radical (unpaired) electrons. The van der Waals surface area contributed by atoms with E-state index in [1.165, 1.54) is 23.8 Å². The number of hydrogen-bond acceptors (Lipinski definition) is 2.